The Labute approximate surface area is 200 Å². The van der Waals surface area contributed by atoms with Crippen LogP contribution in [-0.2, 0) is 35.0 Å². The third-order valence-electron chi connectivity index (χ3n) is 5.72. The van der Waals surface area contributed by atoms with Crippen molar-refractivity contribution in [2.75, 3.05) is 5.32 Å². The number of amides is 1. The second-order valence-corrected chi connectivity index (χ2v) is 8.10. The minimum atomic E-state index is -1.03. The first-order valence-electron chi connectivity index (χ1n) is 11.0. The molecule has 2 heterocycles. The molecule has 4 rings (SSSR count). The molecule has 0 aliphatic carbocycles. The van der Waals surface area contributed by atoms with Crippen molar-refractivity contribution in [2.24, 2.45) is 14.1 Å². The van der Waals surface area contributed by atoms with Gasteiger partial charge in [-0.05, 0) is 18.6 Å². The van der Waals surface area contributed by atoms with Gasteiger partial charge in [0.25, 0.3) is 11.5 Å². The molecule has 10 heteroatoms. The molecule has 0 bridgehead atoms. The van der Waals surface area contributed by atoms with Gasteiger partial charge < -0.3 is 14.6 Å². The number of esters is 1. The first-order chi connectivity index (χ1) is 16.8. The van der Waals surface area contributed by atoms with Gasteiger partial charge in [-0.25, -0.2) is 9.78 Å². The number of anilines is 1. The first kappa shape index (κ1) is 23.7. The maximum absolute atomic E-state index is 12.7. The largest absolute Gasteiger partial charge is 0.452 e. The van der Waals surface area contributed by atoms with Gasteiger partial charge in [0.05, 0.1) is 12.7 Å². The molecule has 1 unspecified atom stereocenters. The van der Waals surface area contributed by atoms with Crippen LogP contribution in [0.15, 0.2) is 70.5 Å². The lowest BCUT2D eigenvalue weighted by Crippen LogP contribution is -2.37. The van der Waals surface area contributed by atoms with Crippen molar-refractivity contribution in [3.63, 3.8) is 0 Å². The number of carbonyl (C=O) groups is 2. The second kappa shape index (κ2) is 9.80. The number of hydrogen-bond donors (Lipinski definition) is 1. The fraction of sp³-hybridized carbons (Fsp3) is 0.240. The lowest BCUT2D eigenvalue weighted by molar-refractivity contribution is -0.153. The molecule has 0 spiro atoms. The molecule has 1 atom stereocenters. The van der Waals surface area contributed by atoms with Gasteiger partial charge in [0.1, 0.15) is 0 Å². The third-order valence-corrected chi connectivity index (χ3v) is 5.72. The van der Waals surface area contributed by atoms with Crippen molar-refractivity contribution in [1.82, 2.24) is 18.7 Å². The lowest BCUT2D eigenvalue weighted by atomic mass is 10.0. The molecule has 0 saturated carbocycles. The maximum Gasteiger partial charge on any atom is 0.332 e. The Morgan fingerprint density at radius 1 is 1.00 bits per heavy atom. The number of aryl methyl sites for hydroxylation is 2. The summed E-state index contributed by atoms with van der Waals surface area (Å²) in [6.07, 6.45) is 0.282. The molecule has 4 aromatic rings. The molecule has 0 fully saturated rings. The fourth-order valence-electron chi connectivity index (χ4n) is 3.78. The van der Waals surface area contributed by atoms with Gasteiger partial charge >= 0.3 is 11.7 Å². The highest BCUT2D eigenvalue weighted by Gasteiger charge is 2.20. The van der Waals surface area contributed by atoms with E-state index in [1.807, 2.05) is 48.5 Å². The van der Waals surface area contributed by atoms with Gasteiger partial charge in [-0.2, -0.15) is 0 Å². The van der Waals surface area contributed by atoms with E-state index in [-0.39, 0.29) is 24.1 Å². The highest BCUT2D eigenvalue weighted by atomic mass is 16.5. The molecular formula is C25H25N5O5. The maximum atomic E-state index is 12.7. The Bertz CT molecular complexity index is 1520. The van der Waals surface area contributed by atoms with Gasteiger partial charge in [-0.1, -0.05) is 48.5 Å². The third kappa shape index (κ3) is 4.77. The van der Waals surface area contributed by atoms with Crippen LogP contribution < -0.4 is 16.6 Å². The summed E-state index contributed by atoms with van der Waals surface area (Å²) in [4.78, 5) is 53.8. The van der Waals surface area contributed by atoms with Crippen molar-refractivity contribution < 1.29 is 14.3 Å². The Morgan fingerprint density at radius 2 is 1.69 bits per heavy atom. The zero-order valence-corrected chi connectivity index (χ0v) is 19.6. The van der Waals surface area contributed by atoms with Crippen molar-refractivity contribution >= 4 is 28.7 Å². The van der Waals surface area contributed by atoms with Crippen LogP contribution in [0.1, 0.15) is 13.3 Å². The van der Waals surface area contributed by atoms with Crippen LogP contribution in [0, 0.1) is 0 Å². The van der Waals surface area contributed by atoms with Gasteiger partial charge in [0, 0.05) is 31.9 Å². The minimum absolute atomic E-state index is 0.0876. The number of benzene rings is 2. The Kier molecular flexibility index (Phi) is 6.63. The number of ether oxygens (including phenoxy) is 1. The summed E-state index contributed by atoms with van der Waals surface area (Å²) in [5.41, 5.74) is 1.87. The Morgan fingerprint density at radius 3 is 2.43 bits per heavy atom. The SMILES string of the molecule is CC(OC(=O)CCn1cnc2c1c(=O)n(C)c(=O)n2C)C(=O)Nc1ccccc1-c1ccccc1. The highest BCUT2D eigenvalue weighted by molar-refractivity contribution is 5.98. The van der Waals surface area contributed by atoms with Crippen LogP contribution in [0.3, 0.4) is 0 Å². The summed E-state index contributed by atoms with van der Waals surface area (Å²) >= 11 is 0. The number of hydrogen-bond acceptors (Lipinski definition) is 6. The van der Waals surface area contributed by atoms with Crippen LogP contribution in [0.25, 0.3) is 22.3 Å². The van der Waals surface area contributed by atoms with E-state index in [1.54, 1.807) is 6.07 Å². The highest BCUT2D eigenvalue weighted by Crippen LogP contribution is 2.27. The summed E-state index contributed by atoms with van der Waals surface area (Å²) in [6.45, 7) is 1.60. The summed E-state index contributed by atoms with van der Waals surface area (Å²) in [5.74, 6) is -1.06. The average Bonchev–Trinajstić information content (AvgIpc) is 3.30. The monoisotopic (exact) mass is 475 g/mol. The molecule has 2 aromatic carbocycles. The standard InChI is InChI=1S/C25H25N5O5/c1-16(23(32)27-19-12-8-7-11-18(19)17-9-5-4-6-10-17)35-20(31)13-14-30-15-26-22-21(30)24(33)29(3)25(34)28(22)2/h4-12,15-16H,13-14H2,1-3H3,(H,27,32). The van der Waals surface area contributed by atoms with Crippen molar-refractivity contribution in [3.8, 4) is 11.1 Å². The minimum Gasteiger partial charge on any atom is -0.452 e. The summed E-state index contributed by atoms with van der Waals surface area (Å²) in [6, 6.07) is 17.0. The fourth-order valence-corrected chi connectivity index (χ4v) is 3.78. The van der Waals surface area contributed by atoms with Crippen molar-refractivity contribution in [1.29, 1.82) is 0 Å². The van der Waals surface area contributed by atoms with Gasteiger partial charge in [0.2, 0.25) is 0 Å². The van der Waals surface area contributed by atoms with Crippen LogP contribution >= 0.6 is 0 Å². The van der Waals surface area contributed by atoms with Gasteiger partial charge in [-0.3, -0.25) is 23.5 Å². The second-order valence-electron chi connectivity index (χ2n) is 8.10. The Balaban J connectivity index is 1.41. The van der Waals surface area contributed by atoms with E-state index in [1.165, 1.54) is 36.5 Å². The summed E-state index contributed by atoms with van der Waals surface area (Å²) in [7, 11) is 2.90. The number of fused-ring (bicyclic) bond motifs is 1. The zero-order valence-electron chi connectivity index (χ0n) is 19.6. The van der Waals surface area contributed by atoms with Crippen LogP contribution in [0.5, 0.6) is 0 Å². The number of para-hydroxylation sites is 1. The lowest BCUT2D eigenvalue weighted by Gasteiger charge is -2.16. The normalized spacial score (nSPS) is 11.9. The zero-order chi connectivity index (χ0) is 25.1. The van der Waals surface area contributed by atoms with Crippen LogP contribution in [0.4, 0.5) is 5.69 Å². The smallest absolute Gasteiger partial charge is 0.332 e. The molecule has 0 saturated heterocycles. The number of nitrogens with one attached hydrogen (secondary N) is 1. The van der Waals surface area contributed by atoms with Crippen molar-refractivity contribution in [3.05, 3.63) is 81.8 Å². The van der Waals surface area contributed by atoms with Crippen LogP contribution in [0.2, 0.25) is 0 Å². The molecule has 10 nitrogen and oxygen atoms in total. The molecule has 35 heavy (non-hydrogen) atoms. The number of imidazole rings is 1. The molecule has 0 aliphatic heterocycles. The molecule has 1 amide bonds. The molecule has 2 aromatic heterocycles. The van der Waals surface area contributed by atoms with Gasteiger partial charge in [-0.15, -0.1) is 0 Å². The topological polar surface area (TPSA) is 117 Å². The quantitative estimate of drug-likeness (QED) is 0.409. The number of aromatic nitrogens is 4. The van der Waals surface area contributed by atoms with E-state index in [9.17, 15) is 19.2 Å². The number of rotatable bonds is 7. The molecule has 0 radical (unpaired) electrons. The number of nitrogens with zero attached hydrogens (tertiary/aromatic N) is 4. The molecule has 180 valence electrons. The molecule has 0 aliphatic rings. The predicted octanol–water partition coefficient (Wildman–Crippen LogP) is 2.06. The van der Waals surface area contributed by atoms with E-state index in [0.29, 0.717) is 5.69 Å². The van der Waals surface area contributed by atoms with Crippen LogP contribution in [-0.4, -0.2) is 36.7 Å². The van der Waals surface area contributed by atoms with E-state index in [4.69, 9.17) is 4.74 Å². The first-order valence-corrected chi connectivity index (χ1v) is 11.0. The molecule has 1 N–H and O–H groups in total. The van der Waals surface area contributed by atoms with E-state index < -0.39 is 29.2 Å². The van der Waals surface area contributed by atoms with E-state index >= 15 is 0 Å². The van der Waals surface area contributed by atoms with E-state index in [0.717, 1.165) is 15.7 Å². The average molecular weight is 476 g/mol. The summed E-state index contributed by atoms with van der Waals surface area (Å²) in [5, 5.41) is 2.83. The van der Waals surface area contributed by atoms with Crippen molar-refractivity contribution in [2.45, 2.75) is 26.0 Å². The number of carbonyl (C=O) groups excluding carboxylic acids is 2. The summed E-state index contributed by atoms with van der Waals surface area (Å²) < 4.78 is 9.07. The predicted molar refractivity (Wildman–Crippen MR) is 131 cm³/mol. The van der Waals surface area contributed by atoms with E-state index in [2.05, 4.69) is 10.3 Å². The molecular weight excluding hydrogens is 450 g/mol. The Hall–Kier alpha value is -4.47. The van der Waals surface area contributed by atoms with Gasteiger partial charge in [0.15, 0.2) is 17.3 Å².